The molecule has 0 radical (unpaired) electrons. The van der Waals surface area contributed by atoms with Crippen molar-refractivity contribution in [3.63, 3.8) is 0 Å². The first kappa shape index (κ1) is 10.5. The highest BCUT2D eigenvalue weighted by Crippen LogP contribution is 2.20. The topological polar surface area (TPSA) is 53.6 Å². The fraction of sp³-hybridized carbons (Fsp3) is 0.385. The van der Waals surface area contributed by atoms with Crippen LogP contribution in [0.2, 0.25) is 0 Å². The number of hydrogen-bond donors (Lipinski definition) is 2. The zero-order valence-electron chi connectivity index (χ0n) is 9.90. The molecule has 88 valence electrons. The standard InChI is InChI=1S/C13H16N4/c1-9-6-12(10-4-5-14-7-10)17-13(16-9)8-15-11-2-3-11/h4-7,11,14-15H,2-3,8H2,1H3. The average Bonchev–Trinajstić information content (AvgIpc) is 2.98. The van der Waals surface area contributed by atoms with E-state index in [2.05, 4.69) is 20.3 Å². The van der Waals surface area contributed by atoms with Gasteiger partial charge in [-0.2, -0.15) is 0 Å². The quantitative estimate of drug-likeness (QED) is 0.842. The lowest BCUT2D eigenvalue weighted by Crippen LogP contribution is -2.17. The third-order valence-electron chi connectivity index (χ3n) is 2.92. The number of hydrogen-bond acceptors (Lipinski definition) is 3. The van der Waals surface area contributed by atoms with Crippen molar-refractivity contribution < 1.29 is 0 Å². The van der Waals surface area contributed by atoms with Crippen molar-refractivity contribution in [3.8, 4) is 11.3 Å². The SMILES string of the molecule is Cc1cc(-c2cc[nH]c2)nc(CNC2CC2)n1. The highest BCUT2D eigenvalue weighted by atomic mass is 15.0. The normalized spacial score (nSPS) is 15.1. The Labute approximate surface area is 101 Å². The van der Waals surface area contributed by atoms with Gasteiger partial charge in [-0.25, -0.2) is 9.97 Å². The largest absolute Gasteiger partial charge is 0.367 e. The van der Waals surface area contributed by atoms with Gasteiger partial charge in [0.15, 0.2) is 0 Å². The molecule has 0 saturated heterocycles. The number of aromatic nitrogens is 3. The van der Waals surface area contributed by atoms with E-state index < -0.39 is 0 Å². The Kier molecular flexibility index (Phi) is 2.65. The molecule has 1 aliphatic carbocycles. The van der Waals surface area contributed by atoms with E-state index in [1.54, 1.807) is 0 Å². The highest BCUT2D eigenvalue weighted by Gasteiger charge is 2.20. The van der Waals surface area contributed by atoms with Crippen LogP contribution in [0.25, 0.3) is 11.3 Å². The fourth-order valence-electron chi connectivity index (χ4n) is 1.86. The monoisotopic (exact) mass is 228 g/mol. The van der Waals surface area contributed by atoms with E-state index in [-0.39, 0.29) is 0 Å². The van der Waals surface area contributed by atoms with Gasteiger partial charge in [-0.1, -0.05) is 0 Å². The molecule has 3 rings (SSSR count). The van der Waals surface area contributed by atoms with Crippen LogP contribution < -0.4 is 5.32 Å². The van der Waals surface area contributed by atoms with E-state index in [1.165, 1.54) is 12.8 Å². The molecule has 2 aromatic rings. The Morgan fingerprint density at radius 3 is 3.00 bits per heavy atom. The first-order valence-electron chi connectivity index (χ1n) is 6.02. The zero-order chi connectivity index (χ0) is 11.7. The van der Waals surface area contributed by atoms with Gasteiger partial charge in [-0.15, -0.1) is 0 Å². The molecule has 0 atom stereocenters. The van der Waals surface area contributed by atoms with Crippen molar-refractivity contribution in [1.82, 2.24) is 20.3 Å². The van der Waals surface area contributed by atoms with Crippen LogP contribution in [0.4, 0.5) is 0 Å². The molecule has 0 amide bonds. The van der Waals surface area contributed by atoms with E-state index >= 15 is 0 Å². The minimum atomic E-state index is 0.690. The van der Waals surface area contributed by atoms with Gasteiger partial charge in [0.2, 0.25) is 0 Å². The van der Waals surface area contributed by atoms with E-state index in [0.29, 0.717) is 6.04 Å². The van der Waals surface area contributed by atoms with Gasteiger partial charge in [-0.05, 0) is 31.9 Å². The summed E-state index contributed by atoms with van der Waals surface area (Å²) < 4.78 is 0. The van der Waals surface area contributed by atoms with Gasteiger partial charge in [0.25, 0.3) is 0 Å². The van der Waals surface area contributed by atoms with Gasteiger partial charge in [0.05, 0.1) is 12.2 Å². The third kappa shape index (κ3) is 2.53. The summed E-state index contributed by atoms with van der Waals surface area (Å²) in [6.45, 7) is 2.78. The van der Waals surface area contributed by atoms with Crippen LogP contribution >= 0.6 is 0 Å². The van der Waals surface area contributed by atoms with Gasteiger partial charge < -0.3 is 10.3 Å². The van der Waals surface area contributed by atoms with Crippen LogP contribution in [0.5, 0.6) is 0 Å². The summed E-state index contributed by atoms with van der Waals surface area (Å²) in [6, 6.07) is 4.73. The maximum absolute atomic E-state index is 4.58. The summed E-state index contributed by atoms with van der Waals surface area (Å²) in [5.74, 6) is 0.883. The molecule has 4 nitrogen and oxygen atoms in total. The molecule has 2 aromatic heterocycles. The Morgan fingerprint density at radius 1 is 1.41 bits per heavy atom. The highest BCUT2D eigenvalue weighted by molar-refractivity contribution is 5.58. The van der Waals surface area contributed by atoms with Gasteiger partial charge in [0.1, 0.15) is 5.82 Å². The fourth-order valence-corrected chi connectivity index (χ4v) is 1.86. The van der Waals surface area contributed by atoms with Crippen molar-refractivity contribution in [1.29, 1.82) is 0 Å². The lowest BCUT2D eigenvalue weighted by Gasteiger charge is -2.05. The molecule has 4 heteroatoms. The molecular formula is C13H16N4. The number of H-pyrrole nitrogens is 1. The van der Waals surface area contributed by atoms with Crippen molar-refractivity contribution in [2.75, 3.05) is 0 Å². The van der Waals surface area contributed by atoms with Crippen LogP contribution in [-0.4, -0.2) is 21.0 Å². The van der Waals surface area contributed by atoms with Crippen LogP contribution in [0.3, 0.4) is 0 Å². The second kappa shape index (κ2) is 4.30. The molecule has 1 saturated carbocycles. The number of rotatable bonds is 4. The summed E-state index contributed by atoms with van der Waals surface area (Å²) in [6.07, 6.45) is 6.45. The molecule has 1 fully saturated rings. The van der Waals surface area contributed by atoms with Crippen LogP contribution in [-0.2, 0) is 6.54 Å². The maximum atomic E-state index is 4.58. The van der Waals surface area contributed by atoms with Crippen LogP contribution in [0.1, 0.15) is 24.4 Å². The van der Waals surface area contributed by atoms with Crippen molar-refractivity contribution in [2.24, 2.45) is 0 Å². The first-order chi connectivity index (χ1) is 8.31. The van der Waals surface area contributed by atoms with Gasteiger partial charge >= 0.3 is 0 Å². The number of aryl methyl sites for hydroxylation is 1. The molecule has 2 N–H and O–H groups in total. The maximum Gasteiger partial charge on any atom is 0.143 e. The molecule has 1 aliphatic rings. The van der Waals surface area contributed by atoms with Crippen molar-refractivity contribution in [2.45, 2.75) is 32.4 Å². The number of nitrogens with zero attached hydrogens (tertiary/aromatic N) is 2. The van der Waals surface area contributed by atoms with Gasteiger partial charge in [-0.3, -0.25) is 0 Å². The minimum absolute atomic E-state index is 0.690. The first-order valence-corrected chi connectivity index (χ1v) is 6.02. The van der Waals surface area contributed by atoms with E-state index in [0.717, 1.165) is 29.3 Å². The summed E-state index contributed by atoms with van der Waals surface area (Å²) in [7, 11) is 0. The Bertz CT molecular complexity index is 500. The molecule has 0 aliphatic heterocycles. The Hall–Kier alpha value is -1.68. The molecule has 0 aromatic carbocycles. The molecule has 0 unspecified atom stereocenters. The molecule has 2 heterocycles. The summed E-state index contributed by atoms with van der Waals surface area (Å²) in [5.41, 5.74) is 3.12. The van der Waals surface area contributed by atoms with Crippen molar-refractivity contribution in [3.05, 3.63) is 36.0 Å². The number of nitrogens with one attached hydrogen (secondary N) is 2. The van der Waals surface area contributed by atoms with Crippen LogP contribution in [0.15, 0.2) is 24.5 Å². The lowest BCUT2D eigenvalue weighted by atomic mass is 10.2. The van der Waals surface area contributed by atoms with Crippen molar-refractivity contribution >= 4 is 0 Å². The zero-order valence-corrected chi connectivity index (χ0v) is 9.90. The Morgan fingerprint density at radius 2 is 2.29 bits per heavy atom. The van der Waals surface area contributed by atoms with Gasteiger partial charge in [0, 0.05) is 29.7 Å². The smallest absolute Gasteiger partial charge is 0.143 e. The van der Waals surface area contributed by atoms with E-state index in [1.807, 2.05) is 31.5 Å². The third-order valence-corrected chi connectivity index (χ3v) is 2.92. The minimum Gasteiger partial charge on any atom is -0.367 e. The summed E-state index contributed by atoms with van der Waals surface area (Å²) >= 11 is 0. The number of aromatic amines is 1. The summed E-state index contributed by atoms with van der Waals surface area (Å²) in [4.78, 5) is 12.1. The van der Waals surface area contributed by atoms with E-state index in [9.17, 15) is 0 Å². The molecule has 17 heavy (non-hydrogen) atoms. The predicted octanol–water partition coefficient (Wildman–Crippen LogP) is 2.03. The molecule has 0 bridgehead atoms. The average molecular weight is 228 g/mol. The summed E-state index contributed by atoms with van der Waals surface area (Å²) in [5, 5.41) is 3.44. The van der Waals surface area contributed by atoms with E-state index in [4.69, 9.17) is 0 Å². The van der Waals surface area contributed by atoms with Crippen LogP contribution in [0, 0.1) is 6.92 Å². The Balaban J connectivity index is 1.83. The second-order valence-corrected chi connectivity index (χ2v) is 4.57. The molecular weight excluding hydrogens is 212 g/mol. The molecule has 0 spiro atoms. The second-order valence-electron chi connectivity index (χ2n) is 4.57. The predicted molar refractivity (Wildman–Crippen MR) is 66.4 cm³/mol. The lowest BCUT2D eigenvalue weighted by molar-refractivity contribution is 0.656.